The molecule has 0 aliphatic carbocycles. The molecule has 0 atom stereocenters. The highest BCUT2D eigenvalue weighted by Gasteiger charge is 2.30. The van der Waals surface area contributed by atoms with Crippen molar-refractivity contribution >= 4 is 11.8 Å². The van der Waals surface area contributed by atoms with Crippen molar-refractivity contribution < 1.29 is 27.2 Å². The van der Waals surface area contributed by atoms with E-state index in [-0.39, 0.29) is 36.1 Å². The lowest BCUT2D eigenvalue weighted by Crippen LogP contribution is -2.33. The van der Waals surface area contributed by atoms with Crippen LogP contribution >= 0.6 is 0 Å². The van der Waals surface area contributed by atoms with E-state index in [2.05, 4.69) is 10.6 Å². The van der Waals surface area contributed by atoms with Gasteiger partial charge in [-0.3, -0.25) is 9.59 Å². The Labute approximate surface area is 135 Å². The highest BCUT2D eigenvalue weighted by molar-refractivity contribution is 5.92. The van der Waals surface area contributed by atoms with Gasteiger partial charge in [0.05, 0.1) is 5.56 Å². The van der Waals surface area contributed by atoms with Crippen LogP contribution in [0.5, 0.6) is 0 Å². The van der Waals surface area contributed by atoms with Crippen molar-refractivity contribution in [1.29, 1.82) is 0 Å². The molecule has 128 valence electrons. The molecule has 2 N–H and O–H groups in total. The van der Waals surface area contributed by atoms with E-state index in [0.717, 1.165) is 12.1 Å². The number of amides is 2. The fraction of sp³-hybridized carbons (Fsp3) is 0.250. The summed E-state index contributed by atoms with van der Waals surface area (Å²) in [6.45, 7) is 1.83. The molecule has 5 nitrogen and oxygen atoms in total. The number of halogens is 3. The summed E-state index contributed by atoms with van der Waals surface area (Å²) in [7, 11) is 0. The fourth-order valence-corrected chi connectivity index (χ4v) is 1.97. The second-order valence-electron chi connectivity index (χ2n) is 4.98. The van der Waals surface area contributed by atoms with Crippen molar-refractivity contribution in [2.75, 3.05) is 13.1 Å². The summed E-state index contributed by atoms with van der Waals surface area (Å²) in [6.07, 6.45) is -4.45. The Bertz CT molecular complexity index is 738. The van der Waals surface area contributed by atoms with E-state index >= 15 is 0 Å². The topological polar surface area (TPSA) is 71.3 Å². The Morgan fingerprint density at radius 2 is 1.79 bits per heavy atom. The quantitative estimate of drug-likeness (QED) is 0.822. The summed E-state index contributed by atoms with van der Waals surface area (Å²) in [4.78, 5) is 22.6. The second-order valence-corrected chi connectivity index (χ2v) is 4.98. The van der Waals surface area contributed by atoms with Gasteiger partial charge in [0.2, 0.25) is 5.91 Å². The number of carbonyl (C=O) groups excluding carboxylic acids is 2. The van der Waals surface area contributed by atoms with Crippen LogP contribution in [0.3, 0.4) is 0 Å². The molecular formula is C16H15F3N2O3. The van der Waals surface area contributed by atoms with Gasteiger partial charge in [0, 0.05) is 25.6 Å². The first-order chi connectivity index (χ1) is 11.3. The summed E-state index contributed by atoms with van der Waals surface area (Å²) in [5.41, 5.74) is -0.570. The predicted octanol–water partition coefficient (Wildman–Crippen LogP) is 2.83. The maximum Gasteiger partial charge on any atom is 0.416 e. The van der Waals surface area contributed by atoms with Crippen LogP contribution in [0.1, 0.15) is 23.0 Å². The highest BCUT2D eigenvalue weighted by atomic mass is 19.4. The van der Waals surface area contributed by atoms with Crippen molar-refractivity contribution in [3.8, 4) is 11.3 Å². The van der Waals surface area contributed by atoms with Crippen LogP contribution in [0.25, 0.3) is 11.3 Å². The molecule has 0 bridgehead atoms. The Balaban J connectivity index is 2.05. The monoisotopic (exact) mass is 340 g/mol. The third-order valence-corrected chi connectivity index (χ3v) is 3.09. The van der Waals surface area contributed by atoms with E-state index < -0.39 is 17.6 Å². The number of nitrogens with one attached hydrogen (secondary N) is 2. The minimum absolute atomic E-state index is 0.0229. The van der Waals surface area contributed by atoms with E-state index in [0.29, 0.717) is 0 Å². The van der Waals surface area contributed by atoms with Crippen LogP contribution in [0.2, 0.25) is 0 Å². The molecular weight excluding hydrogens is 325 g/mol. The van der Waals surface area contributed by atoms with Crippen molar-refractivity contribution in [3.63, 3.8) is 0 Å². The minimum atomic E-state index is -4.45. The van der Waals surface area contributed by atoms with Crippen LogP contribution in [0.4, 0.5) is 13.2 Å². The average Bonchev–Trinajstić information content (AvgIpc) is 3.00. The van der Waals surface area contributed by atoms with Crippen molar-refractivity contribution in [2.24, 2.45) is 0 Å². The number of hydrogen-bond donors (Lipinski definition) is 2. The van der Waals surface area contributed by atoms with Crippen LogP contribution in [-0.2, 0) is 11.0 Å². The first-order valence-electron chi connectivity index (χ1n) is 7.07. The van der Waals surface area contributed by atoms with Crippen molar-refractivity contribution in [2.45, 2.75) is 13.1 Å². The molecule has 0 fully saturated rings. The summed E-state index contributed by atoms with van der Waals surface area (Å²) in [6, 6.07) is 7.46. The molecule has 2 amide bonds. The van der Waals surface area contributed by atoms with E-state index in [1.54, 1.807) is 0 Å². The molecule has 8 heteroatoms. The first-order valence-corrected chi connectivity index (χ1v) is 7.07. The molecule has 1 heterocycles. The maximum absolute atomic E-state index is 12.7. The van der Waals surface area contributed by atoms with Gasteiger partial charge in [0.1, 0.15) is 5.76 Å². The summed E-state index contributed by atoms with van der Waals surface area (Å²) < 4.78 is 43.5. The molecule has 0 saturated carbocycles. The van der Waals surface area contributed by atoms with Gasteiger partial charge in [-0.05, 0) is 24.3 Å². The normalized spacial score (nSPS) is 11.2. The van der Waals surface area contributed by atoms with Gasteiger partial charge < -0.3 is 15.1 Å². The van der Waals surface area contributed by atoms with Gasteiger partial charge in [0.25, 0.3) is 5.91 Å². The molecule has 0 radical (unpaired) electrons. The van der Waals surface area contributed by atoms with E-state index in [1.807, 2.05) is 0 Å². The summed E-state index contributed by atoms with van der Waals surface area (Å²) in [5.74, 6) is -0.592. The standard InChI is InChI=1S/C16H15F3N2O3/c1-10(22)20-7-8-21-15(23)14-6-5-13(24-14)11-3-2-4-12(9-11)16(17,18)19/h2-6,9H,7-8H2,1H3,(H,20,22)(H,21,23). The van der Waals surface area contributed by atoms with Gasteiger partial charge >= 0.3 is 6.18 Å². The van der Waals surface area contributed by atoms with Gasteiger partial charge in [0.15, 0.2) is 5.76 Å². The van der Waals surface area contributed by atoms with E-state index in [9.17, 15) is 22.8 Å². The Morgan fingerprint density at radius 1 is 1.08 bits per heavy atom. The van der Waals surface area contributed by atoms with Crippen molar-refractivity contribution in [1.82, 2.24) is 10.6 Å². The lowest BCUT2D eigenvalue weighted by Gasteiger charge is -2.07. The van der Waals surface area contributed by atoms with Gasteiger partial charge in [-0.25, -0.2) is 0 Å². The first kappa shape index (κ1) is 17.6. The van der Waals surface area contributed by atoms with Crippen LogP contribution < -0.4 is 10.6 Å². The molecule has 0 aliphatic rings. The van der Waals surface area contributed by atoms with Gasteiger partial charge in [-0.1, -0.05) is 12.1 Å². The molecule has 0 saturated heterocycles. The third-order valence-electron chi connectivity index (χ3n) is 3.09. The smallest absolute Gasteiger partial charge is 0.416 e. The zero-order valence-electron chi connectivity index (χ0n) is 12.7. The van der Waals surface area contributed by atoms with Crippen LogP contribution in [0, 0.1) is 0 Å². The largest absolute Gasteiger partial charge is 0.451 e. The van der Waals surface area contributed by atoms with Gasteiger partial charge in [-0.15, -0.1) is 0 Å². The molecule has 1 aromatic heterocycles. The zero-order chi connectivity index (χ0) is 17.7. The molecule has 0 unspecified atom stereocenters. The van der Waals surface area contributed by atoms with Gasteiger partial charge in [-0.2, -0.15) is 13.2 Å². The van der Waals surface area contributed by atoms with Crippen LogP contribution in [-0.4, -0.2) is 24.9 Å². The average molecular weight is 340 g/mol. The Morgan fingerprint density at radius 3 is 2.46 bits per heavy atom. The molecule has 24 heavy (non-hydrogen) atoms. The number of benzene rings is 1. The molecule has 0 spiro atoms. The fourth-order valence-electron chi connectivity index (χ4n) is 1.97. The van der Waals surface area contributed by atoms with Crippen molar-refractivity contribution in [3.05, 3.63) is 47.7 Å². The number of furan rings is 1. The molecule has 1 aromatic carbocycles. The Hall–Kier alpha value is -2.77. The summed E-state index contributed by atoms with van der Waals surface area (Å²) >= 11 is 0. The van der Waals surface area contributed by atoms with Crippen LogP contribution in [0.15, 0.2) is 40.8 Å². The molecule has 0 aliphatic heterocycles. The summed E-state index contributed by atoms with van der Waals surface area (Å²) in [5, 5.41) is 5.04. The Kier molecular flexibility index (Phi) is 5.28. The number of alkyl halides is 3. The lowest BCUT2D eigenvalue weighted by molar-refractivity contribution is -0.137. The number of rotatable bonds is 5. The number of hydrogen-bond acceptors (Lipinski definition) is 3. The van der Waals surface area contributed by atoms with E-state index in [4.69, 9.17) is 4.42 Å². The highest BCUT2D eigenvalue weighted by Crippen LogP contribution is 2.32. The third kappa shape index (κ3) is 4.61. The molecule has 2 rings (SSSR count). The zero-order valence-corrected chi connectivity index (χ0v) is 12.7. The second kappa shape index (κ2) is 7.20. The van der Waals surface area contributed by atoms with E-state index in [1.165, 1.54) is 31.2 Å². The lowest BCUT2D eigenvalue weighted by atomic mass is 10.1. The molecule has 2 aromatic rings. The predicted molar refractivity (Wildman–Crippen MR) is 80.2 cm³/mol. The minimum Gasteiger partial charge on any atom is -0.451 e. The number of carbonyl (C=O) groups is 2. The maximum atomic E-state index is 12.7. The SMILES string of the molecule is CC(=O)NCCNC(=O)c1ccc(-c2cccc(C(F)(F)F)c2)o1.